The Balaban J connectivity index is 2.86. The predicted octanol–water partition coefficient (Wildman–Crippen LogP) is 3.24. The van der Waals surface area contributed by atoms with Gasteiger partial charge in [-0.1, -0.05) is 26.8 Å². The van der Waals surface area contributed by atoms with E-state index >= 15 is 0 Å². The minimum atomic E-state index is 0.0139. The second-order valence-electron chi connectivity index (χ2n) is 4.78. The van der Waals surface area contributed by atoms with Crippen LogP contribution in [0, 0.1) is 0 Å². The topological polar surface area (TPSA) is 33.1 Å². The molecule has 0 bridgehead atoms. The van der Waals surface area contributed by atoms with E-state index in [1.807, 2.05) is 18.2 Å². The molecule has 0 aliphatic rings. The smallest absolute Gasteiger partial charge is 0.125 e. The maximum atomic E-state index is 9.88. The third-order valence-electron chi connectivity index (χ3n) is 2.55. The van der Waals surface area contributed by atoms with Crippen LogP contribution in [-0.4, -0.2) is 10.1 Å². The average molecular weight is 201 g/mol. The van der Waals surface area contributed by atoms with E-state index in [1.165, 1.54) is 0 Å². The zero-order chi connectivity index (χ0) is 11.1. The molecule has 1 N–H and O–H groups in total. The van der Waals surface area contributed by atoms with Gasteiger partial charge in [0.25, 0.3) is 0 Å². The van der Waals surface area contributed by atoms with Crippen molar-refractivity contribution in [3.05, 3.63) is 36.0 Å². The number of pyridine rings is 1. The molecule has 0 aliphatic heterocycles. The molecule has 0 spiro atoms. The standard InChI is InChI=1S/C13H15NO/c1-13(2,3)9-7-8-14-10-5-4-6-11(15)12(9)10/h4-8,15H,1-3H3. The Morgan fingerprint density at radius 3 is 2.53 bits per heavy atom. The lowest BCUT2D eigenvalue weighted by Crippen LogP contribution is -2.11. The first kappa shape index (κ1) is 9.97. The zero-order valence-electron chi connectivity index (χ0n) is 9.28. The second-order valence-corrected chi connectivity index (χ2v) is 4.78. The van der Waals surface area contributed by atoms with E-state index in [-0.39, 0.29) is 5.41 Å². The van der Waals surface area contributed by atoms with E-state index in [0.29, 0.717) is 5.75 Å². The summed E-state index contributed by atoms with van der Waals surface area (Å²) in [5.74, 6) is 0.311. The van der Waals surface area contributed by atoms with Crippen LogP contribution in [-0.2, 0) is 5.41 Å². The van der Waals surface area contributed by atoms with Crippen LogP contribution in [0.2, 0.25) is 0 Å². The van der Waals surface area contributed by atoms with Gasteiger partial charge in [0.05, 0.1) is 5.52 Å². The summed E-state index contributed by atoms with van der Waals surface area (Å²) in [5, 5.41) is 10.7. The molecular formula is C13H15NO. The minimum Gasteiger partial charge on any atom is -0.507 e. The fourth-order valence-electron chi connectivity index (χ4n) is 1.81. The number of aromatic hydroxyl groups is 1. The normalized spacial score (nSPS) is 11.9. The van der Waals surface area contributed by atoms with E-state index in [1.54, 1.807) is 12.3 Å². The van der Waals surface area contributed by atoms with Gasteiger partial charge in [0.15, 0.2) is 0 Å². The number of benzene rings is 1. The van der Waals surface area contributed by atoms with Gasteiger partial charge >= 0.3 is 0 Å². The van der Waals surface area contributed by atoms with Crippen LogP contribution in [0.3, 0.4) is 0 Å². The summed E-state index contributed by atoms with van der Waals surface area (Å²) in [5.41, 5.74) is 1.99. The fraction of sp³-hybridized carbons (Fsp3) is 0.308. The highest BCUT2D eigenvalue weighted by atomic mass is 16.3. The van der Waals surface area contributed by atoms with Crippen molar-refractivity contribution < 1.29 is 5.11 Å². The summed E-state index contributed by atoms with van der Waals surface area (Å²) < 4.78 is 0. The molecule has 15 heavy (non-hydrogen) atoms. The summed E-state index contributed by atoms with van der Waals surface area (Å²) in [7, 11) is 0. The van der Waals surface area contributed by atoms with Gasteiger partial charge in [-0.2, -0.15) is 0 Å². The molecule has 0 atom stereocenters. The van der Waals surface area contributed by atoms with Crippen LogP contribution in [0.25, 0.3) is 10.9 Å². The monoisotopic (exact) mass is 201 g/mol. The summed E-state index contributed by atoms with van der Waals surface area (Å²) in [6.45, 7) is 6.40. The van der Waals surface area contributed by atoms with Crippen molar-refractivity contribution in [1.82, 2.24) is 4.98 Å². The molecule has 1 aromatic carbocycles. The predicted molar refractivity (Wildman–Crippen MR) is 62.1 cm³/mol. The first-order valence-electron chi connectivity index (χ1n) is 5.07. The molecule has 2 nitrogen and oxygen atoms in total. The molecule has 0 radical (unpaired) electrons. The summed E-state index contributed by atoms with van der Waals surface area (Å²) in [6.07, 6.45) is 1.79. The molecule has 0 amide bonds. The van der Waals surface area contributed by atoms with Crippen molar-refractivity contribution in [1.29, 1.82) is 0 Å². The van der Waals surface area contributed by atoms with Crippen LogP contribution in [0.15, 0.2) is 30.5 Å². The van der Waals surface area contributed by atoms with Gasteiger partial charge in [0.1, 0.15) is 5.75 Å². The van der Waals surface area contributed by atoms with Crippen LogP contribution < -0.4 is 0 Å². The molecule has 0 saturated carbocycles. The number of aromatic nitrogens is 1. The van der Waals surface area contributed by atoms with Gasteiger partial charge in [-0.05, 0) is 29.2 Å². The lowest BCUT2D eigenvalue weighted by atomic mass is 9.85. The van der Waals surface area contributed by atoms with Crippen molar-refractivity contribution in [2.75, 3.05) is 0 Å². The molecule has 0 aliphatic carbocycles. The van der Waals surface area contributed by atoms with Crippen LogP contribution in [0.5, 0.6) is 5.75 Å². The van der Waals surface area contributed by atoms with Crippen molar-refractivity contribution in [2.45, 2.75) is 26.2 Å². The largest absolute Gasteiger partial charge is 0.507 e. The SMILES string of the molecule is CC(C)(C)c1ccnc2cccc(O)c12. The number of fused-ring (bicyclic) bond motifs is 1. The lowest BCUT2D eigenvalue weighted by Gasteiger charge is -2.21. The number of hydrogen-bond donors (Lipinski definition) is 1. The molecule has 1 aromatic heterocycles. The van der Waals surface area contributed by atoms with Gasteiger partial charge in [-0.25, -0.2) is 0 Å². The third-order valence-corrected chi connectivity index (χ3v) is 2.55. The Morgan fingerprint density at radius 2 is 1.87 bits per heavy atom. The van der Waals surface area contributed by atoms with Gasteiger partial charge in [-0.15, -0.1) is 0 Å². The molecule has 78 valence electrons. The highest BCUT2D eigenvalue weighted by molar-refractivity contribution is 5.88. The van der Waals surface area contributed by atoms with Crippen LogP contribution in [0.1, 0.15) is 26.3 Å². The van der Waals surface area contributed by atoms with Gasteiger partial charge in [0.2, 0.25) is 0 Å². The lowest BCUT2D eigenvalue weighted by molar-refractivity contribution is 0.479. The molecular weight excluding hydrogens is 186 g/mol. The van der Waals surface area contributed by atoms with Crippen molar-refractivity contribution >= 4 is 10.9 Å². The van der Waals surface area contributed by atoms with Crippen LogP contribution in [0.4, 0.5) is 0 Å². The summed E-state index contributed by atoms with van der Waals surface area (Å²) in [6, 6.07) is 7.42. The Kier molecular flexibility index (Phi) is 2.14. The highest BCUT2D eigenvalue weighted by Gasteiger charge is 2.18. The van der Waals surface area contributed by atoms with Gasteiger partial charge in [-0.3, -0.25) is 4.98 Å². The molecule has 2 rings (SSSR count). The number of phenols is 1. The first-order valence-corrected chi connectivity index (χ1v) is 5.07. The maximum absolute atomic E-state index is 9.88. The van der Waals surface area contributed by atoms with E-state index in [0.717, 1.165) is 16.5 Å². The number of hydrogen-bond acceptors (Lipinski definition) is 2. The second kappa shape index (κ2) is 3.23. The third kappa shape index (κ3) is 1.67. The Labute approximate surface area is 89.6 Å². The Bertz CT molecular complexity index is 492. The molecule has 2 heteroatoms. The van der Waals surface area contributed by atoms with Gasteiger partial charge < -0.3 is 5.11 Å². The first-order chi connectivity index (χ1) is 7.00. The molecule has 0 unspecified atom stereocenters. The van der Waals surface area contributed by atoms with Gasteiger partial charge in [0, 0.05) is 11.6 Å². The van der Waals surface area contributed by atoms with E-state index < -0.39 is 0 Å². The van der Waals surface area contributed by atoms with E-state index in [2.05, 4.69) is 25.8 Å². The highest BCUT2D eigenvalue weighted by Crippen LogP contribution is 2.33. The van der Waals surface area contributed by atoms with E-state index in [4.69, 9.17) is 0 Å². The fourth-order valence-corrected chi connectivity index (χ4v) is 1.81. The maximum Gasteiger partial charge on any atom is 0.125 e. The van der Waals surface area contributed by atoms with Crippen molar-refractivity contribution in [3.8, 4) is 5.75 Å². The molecule has 0 fully saturated rings. The van der Waals surface area contributed by atoms with Crippen molar-refractivity contribution in [2.24, 2.45) is 0 Å². The molecule has 1 heterocycles. The Hall–Kier alpha value is -1.57. The molecule has 0 saturated heterocycles. The number of nitrogens with zero attached hydrogens (tertiary/aromatic N) is 1. The quantitative estimate of drug-likeness (QED) is 0.709. The van der Waals surface area contributed by atoms with E-state index in [9.17, 15) is 5.11 Å². The zero-order valence-corrected chi connectivity index (χ0v) is 9.28. The average Bonchev–Trinajstić information content (AvgIpc) is 2.16. The number of rotatable bonds is 0. The Morgan fingerprint density at radius 1 is 1.13 bits per heavy atom. The molecule has 2 aromatic rings. The summed E-state index contributed by atoms with van der Waals surface area (Å²) >= 11 is 0. The summed E-state index contributed by atoms with van der Waals surface area (Å²) in [4.78, 5) is 4.26. The van der Waals surface area contributed by atoms with Crippen LogP contribution >= 0.6 is 0 Å². The minimum absolute atomic E-state index is 0.0139. The number of phenolic OH excluding ortho intramolecular Hbond substituents is 1. The van der Waals surface area contributed by atoms with Crippen molar-refractivity contribution in [3.63, 3.8) is 0 Å².